The second-order valence-corrected chi connectivity index (χ2v) is 10.3. The van der Waals surface area contributed by atoms with E-state index in [1.54, 1.807) is 22.9 Å². The van der Waals surface area contributed by atoms with Crippen molar-refractivity contribution in [1.29, 1.82) is 0 Å². The molecule has 0 aliphatic carbocycles. The molecule has 0 unspecified atom stereocenters. The molecule has 1 fully saturated rings. The number of nitrogens with zero attached hydrogens (tertiary/aromatic N) is 2. The third kappa shape index (κ3) is 4.25. The van der Waals surface area contributed by atoms with E-state index >= 15 is 0 Å². The summed E-state index contributed by atoms with van der Waals surface area (Å²) in [6.45, 7) is 0.950. The van der Waals surface area contributed by atoms with Gasteiger partial charge < -0.3 is 0 Å². The van der Waals surface area contributed by atoms with Crippen molar-refractivity contribution in [2.45, 2.75) is 24.2 Å². The maximum Gasteiger partial charge on any atom is 0.268 e. The zero-order valence-corrected chi connectivity index (χ0v) is 17.7. The number of aromatic nitrogens is 1. The Balaban J connectivity index is 1.54. The second kappa shape index (κ2) is 8.31. The van der Waals surface area contributed by atoms with E-state index in [9.17, 15) is 17.6 Å². The van der Waals surface area contributed by atoms with Crippen LogP contribution in [0.1, 0.15) is 28.9 Å². The molecule has 3 aromatic rings. The summed E-state index contributed by atoms with van der Waals surface area (Å²) in [4.78, 5) is 17.2. The summed E-state index contributed by atoms with van der Waals surface area (Å²) in [5, 5.41) is 6.31. The van der Waals surface area contributed by atoms with Crippen LogP contribution in [0, 0.1) is 5.82 Å². The molecule has 1 aromatic carbocycles. The van der Waals surface area contributed by atoms with Crippen molar-refractivity contribution in [3.63, 3.8) is 0 Å². The Morgan fingerprint density at radius 3 is 2.69 bits per heavy atom. The van der Waals surface area contributed by atoms with Crippen LogP contribution in [0.15, 0.2) is 46.0 Å². The van der Waals surface area contributed by atoms with Gasteiger partial charge in [-0.2, -0.15) is 4.31 Å². The van der Waals surface area contributed by atoms with Gasteiger partial charge in [-0.15, -0.1) is 22.7 Å². The summed E-state index contributed by atoms with van der Waals surface area (Å²) >= 11 is 2.28. The summed E-state index contributed by atoms with van der Waals surface area (Å²) < 4.78 is 40.8. The molecule has 0 radical (unpaired) electrons. The van der Waals surface area contributed by atoms with Gasteiger partial charge in [-0.3, -0.25) is 10.1 Å². The first kappa shape index (κ1) is 20.1. The molecule has 1 N–H and O–H groups in total. The van der Waals surface area contributed by atoms with Crippen molar-refractivity contribution in [2.24, 2.45) is 0 Å². The fourth-order valence-electron chi connectivity index (χ4n) is 3.18. The molecular formula is C19H18FN3O3S3. The highest BCUT2D eigenvalue weighted by Gasteiger charge is 2.31. The lowest BCUT2D eigenvalue weighted by Crippen LogP contribution is -2.36. The van der Waals surface area contributed by atoms with Crippen molar-refractivity contribution in [1.82, 2.24) is 9.29 Å². The van der Waals surface area contributed by atoms with Crippen LogP contribution in [0.4, 0.5) is 9.52 Å². The van der Waals surface area contributed by atoms with Crippen molar-refractivity contribution in [3.8, 4) is 11.3 Å². The normalized spacial score (nSPS) is 15.3. The Morgan fingerprint density at radius 1 is 1.14 bits per heavy atom. The largest absolute Gasteiger partial charge is 0.297 e. The molecule has 2 aromatic heterocycles. The summed E-state index contributed by atoms with van der Waals surface area (Å²) in [5.74, 6) is -0.886. The minimum absolute atomic E-state index is 0.0313. The predicted molar refractivity (Wildman–Crippen MR) is 112 cm³/mol. The zero-order valence-electron chi connectivity index (χ0n) is 15.3. The topological polar surface area (TPSA) is 79.4 Å². The van der Waals surface area contributed by atoms with Crippen LogP contribution in [-0.2, 0) is 10.0 Å². The van der Waals surface area contributed by atoms with Gasteiger partial charge in [0, 0.05) is 24.0 Å². The van der Waals surface area contributed by atoms with Gasteiger partial charge >= 0.3 is 0 Å². The number of carbonyl (C=O) groups excluding carboxylic acids is 1. The number of hydrogen-bond acceptors (Lipinski definition) is 6. The van der Waals surface area contributed by atoms with Gasteiger partial charge in [0.25, 0.3) is 5.91 Å². The molecule has 3 heterocycles. The van der Waals surface area contributed by atoms with Gasteiger partial charge in [0.05, 0.1) is 5.69 Å². The minimum atomic E-state index is -3.70. The monoisotopic (exact) mass is 451 g/mol. The van der Waals surface area contributed by atoms with Gasteiger partial charge in [0.2, 0.25) is 10.0 Å². The van der Waals surface area contributed by atoms with Crippen molar-refractivity contribution in [2.75, 3.05) is 18.4 Å². The number of anilines is 1. The van der Waals surface area contributed by atoms with E-state index in [1.807, 2.05) is 0 Å². The number of halogens is 1. The average molecular weight is 452 g/mol. The molecule has 29 heavy (non-hydrogen) atoms. The maximum atomic E-state index is 13.4. The number of piperidine rings is 1. The molecule has 1 aliphatic heterocycles. The maximum absolute atomic E-state index is 13.4. The van der Waals surface area contributed by atoms with E-state index < -0.39 is 15.9 Å². The molecule has 0 spiro atoms. The minimum Gasteiger partial charge on any atom is -0.297 e. The first-order valence-corrected chi connectivity index (χ1v) is 12.3. The first-order chi connectivity index (χ1) is 13.9. The smallest absolute Gasteiger partial charge is 0.268 e. The number of sulfonamides is 1. The van der Waals surface area contributed by atoms with Crippen molar-refractivity contribution < 1.29 is 17.6 Å². The number of carbonyl (C=O) groups is 1. The van der Waals surface area contributed by atoms with Gasteiger partial charge in [-0.1, -0.05) is 18.6 Å². The number of thiophene rings is 1. The summed E-state index contributed by atoms with van der Waals surface area (Å²) in [6.07, 6.45) is 2.67. The molecule has 6 nitrogen and oxygen atoms in total. The Labute approximate surface area is 176 Å². The Morgan fingerprint density at radius 2 is 1.93 bits per heavy atom. The van der Waals surface area contributed by atoms with Crippen LogP contribution in [0.25, 0.3) is 11.3 Å². The summed E-state index contributed by atoms with van der Waals surface area (Å²) in [5.41, 5.74) is 1.14. The second-order valence-electron chi connectivity index (χ2n) is 6.58. The molecule has 1 amide bonds. The first-order valence-electron chi connectivity index (χ1n) is 9.05. The third-order valence-corrected chi connectivity index (χ3v) is 8.35. The zero-order chi connectivity index (χ0) is 20.4. The van der Waals surface area contributed by atoms with E-state index in [1.165, 1.54) is 33.8 Å². The third-order valence-electron chi connectivity index (χ3n) is 4.61. The Bertz CT molecular complexity index is 1130. The van der Waals surface area contributed by atoms with E-state index in [4.69, 9.17) is 0 Å². The molecule has 1 aliphatic rings. The SMILES string of the molecule is O=C(Nc1nc(-c2cccc(F)c2)cs1)c1sccc1S(=O)(=O)N1CCCCC1. The van der Waals surface area contributed by atoms with Crippen molar-refractivity contribution >= 4 is 43.7 Å². The molecule has 4 rings (SSSR count). The number of nitrogens with one attached hydrogen (secondary N) is 1. The van der Waals surface area contributed by atoms with Crippen LogP contribution in [0.2, 0.25) is 0 Å². The van der Waals surface area contributed by atoms with E-state index in [0.29, 0.717) is 29.5 Å². The molecule has 0 saturated carbocycles. The van der Waals surface area contributed by atoms with Crippen LogP contribution >= 0.6 is 22.7 Å². The highest BCUT2D eigenvalue weighted by molar-refractivity contribution is 7.89. The molecule has 0 atom stereocenters. The Hall–Kier alpha value is -2.14. The lowest BCUT2D eigenvalue weighted by atomic mass is 10.2. The van der Waals surface area contributed by atoms with Gasteiger partial charge in [0.15, 0.2) is 5.13 Å². The lowest BCUT2D eigenvalue weighted by Gasteiger charge is -2.25. The number of rotatable bonds is 5. The lowest BCUT2D eigenvalue weighted by molar-refractivity contribution is 0.102. The number of thiazole rings is 1. The standard InChI is InChI=1S/C19H18FN3O3S3/c20-14-6-4-5-13(11-14)15-12-28-19(21-15)22-18(24)17-16(7-10-27-17)29(25,26)23-8-2-1-3-9-23/h4-7,10-12H,1-3,8-9H2,(H,21,22,24). The van der Waals surface area contributed by atoms with E-state index in [2.05, 4.69) is 10.3 Å². The molecular weight excluding hydrogens is 433 g/mol. The van der Waals surface area contributed by atoms with Crippen LogP contribution in [0.3, 0.4) is 0 Å². The van der Waals surface area contributed by atoms with Crippen LogP contribution in [-0.4, -0.2) is 36.7 Å². The molecule has 0 bridgehead atoms. The number of benzene rings is 1. The van der Waals surface area contributed by atoms with Crippen LogP contribution < -0.4 is 5.32 Å². The fourth-order valence-corrected chi connectivity index (χ4v) is 6.70. The van der Waals surface area contributed by atoms with Gasteiger partial charge in [-0.25, -0.2) is 17.8 Å². The van der Waals surface area contributed by atoms with Gasteiger partial charge in [-0.05, 0) is 36.4 Å². The van der Waals surface area contributed by atoms with Crippen LogP contribution in [0.5, 0.6) is 0 Å². The fraction of sp³-hybridized carbons (Fsp3) is 0.263. The summed E-state index contributed by atoms with van der Waals surface area (Å²) in [6, 6.07) is 7.50. The number of amides is 1. The Kier molecular flexibility index (Phi) is 5.77. The highest BCUT2D eigenvalue weighted by Crippen LogP contribution is 2.30. The number of hydrogen-bond donors (Lipinski definition) is 1. The quantitative estimate of drug-likeness (QED) is 0.622. The molecule has 10 heteroatoms. The highest BCUT2D eigenvalue weighted by atomic mass is 32.2. The van der Waals surface area contributed by atoms with Crippen molar-refractivity contribution in [3.05, 3.63) is 51.8 Å². The van der Waals surface area contributed by atoms with Gasteiger partial charge in [0.1, 0.15) is 15.6 Å². The van der Waals surface area contributed by atoms with E-state index in [-0.39, 0.29) is 15.6 Å². The van der Waals surface area contributed by atoms with E-state index in [0.717, 1.165) is 30.6 Å². The molecule has 152 valence electrons. The summed E-state index contributed by atoms with van der Waals surface area (Å²) in [7, 11) is -3.70. The predicted octanol–water partition coefficient (Wildman–Crippen LogP) is 4.44. The molecule has 1 saturated heterocycles. The average Bonchev–Trinajstić information content (AvgIpc) is 3.39.